The lowest BCUT2D eigenvalue weighted by Gasteiger charge is -2.05. The summed E-state index contributed by atoms with van der Waals surface area (Å²) in [6, 6.07) is 9.17. The largest absolute Gasteiger partial charge is 0.279 e. The monoisotopic (exact) mass is 373 g/mol. The zero-order chi connectivity index (χ0) is 14.9. The Morgan fingerprint density at radius 3 is 2.50 bits per heavy atom. The van der Waals surface area contributed by atoms with Gasteiger partial charge >= 0.3 is 0 Å². The maximum Gasteiger partial charge on any atom is 0.279 e. The predicted octanol–water partition coefficient (Wildman–Crippen LogP) is 2.80. The highest BCUT2D eigenvalue weighted by molar-refractivity contribution is 9.10. The molecule has 0 aliphatic rings. The maximum absolute atomic E-state index is 11.6. The molecule has 0 amide bonds. The fraction of sp³-hybridized carbons (Fsp3) is 0.167. The van der Waals surface area contributed by atoms with Crippen LogP contribution < -0.4 is 0 Å². The summed E-state index contributed by atoms with van der Waals surface area (Å²) in [7, 11) is 1.36. The van der Waals surface area contributed by atoms with Crippen LogP contribution in [-0.2, 0) is 15.6 Å². The Labute approximate surface area is 129 Å². The first kappa shape index (κ1) is 15.0. The summed E-state index contributed by atoms with van der Waals surface area (Å²) in [6.45, 7) is 1.79. The van der Waals surface area contributed by atoms with Gasteiger partial charge in [-0.2, -0.15) is 10.4 Å². The maximum atomic E-state index is 11.6. The van der Waals surface area contributed by atoms with Crippen LogP contribution in [0.4, 0.5) is 0 Å². The van der Waals surface area contributed by atoms with E-state index in [9.17, 15) is 8.42 Å². The van der Waals surface area contributed by atoms with Gasteiger partial charge in [0.25, 0.3) is 9.05 Å². The number of aryl methyl sites for hydroxylation is 1. The van der Waals surface area contributed by atoms with Gasteiger partial charge in [-0.1, -0.05) is 28.1 Å². The van der Waals surface area contributed by atoms with Crippen LogP contribution in [0.15, 0.2) is 33.8 Å². The van der Waals surface area contributed by atoms with Crippen molar-refractivity contribution in [3.05, 3.63) is 45.6 Å². The molecule has 0 fully saturated rings. The Morgan fingerprint density at radius 1 is 1.40 bits per heavy atom. The molecule has 1 aromatic heterocycles. The number of halogens is 2. The van der Waals surface area contributed by atoms with Gasteiger partial charge in [-0.25, -0.2) is 13.1 Å². The van der Waals surface area contributed by atoms with E-state index in [1.807, 2.05) is 30.3 Å². The number of hydrogen-bond donors (Lipinski definition) is 0. The highest BCUT2D eigenvalue weighted by Crippen LogP contribution is 2.23. The highest BCUT2D eigenvalue weighted by atomic mass is 79.9. The van der Waals surface area contributed by atoms with Gasteiger partial charge in [-0.15, -0.1) is 0 Å². The van der Waals surface area contributed by atoms with Crippen LogP contribution in [0.5, 0.6) is 0 Å². The smallest absolute Gasteiger partial charge is 0.247 e. The molecule has 2 rings (SSSR count). The first-order valence-corrected chi connectivity index (χ1v) is 8.60. The Hall–Kier alpha value is -1.36. The Bertz CT molecular complexity index is 791. The fourth-order valence-corrected chi connectivity index (χ4v) is 3.34. The molecular formula is C12H9BrClN3O2S. The third-order valence-electron chi connectivity index (χ3n) is 2.67. The van der Waals surface area contributed by atoms with Crippen molar-refractivity contribution in [3.63, 3.8) is 0 Å². The van der Waals surface area contributed by atoms with Crippen molar-refractivity contribution in [3.8, 4) is 6.07 Å². The molecule has 0 aliphatic carbocycles. The zero-order valence-corrected chi connectivity index (χ0v) is 13.5. The minimum atomic E-state index is -4.04. The Kier molecular flexibility index (Phi) is 4.18. The summed E-state index contributed by atoms with van der Waals surface area (Å²) in [5, 5.41) is 12.9. The SMILES string of the molecule is Cc1nn(Cc2ccc(Br)cc2)c(S(=O)(=O)Cl)c1C#N. The zero-order valence-electron chi connectivity index (χ0n) is 10.3. The molecule has 1 aromatic carbocycles. The van der Waals surface area contributed by atoms with E-state index in [0.717, 1.165) is 10.0 Å². The lowest BCUT2D eigenvalue weighted by Crippen LogP contribution is -2.09. The molecule has 0 spiro atoms. The highest BCUT2D eigenvalue weighted by Gasteiger charge is 2.25. The third kappa shape index (κ3) is 3.03. The fourth-order valence-electron chi connectivity index (χ4n) is 1.81. The van der Waals surface area contributed by atoms with Gasteiger partial charge in [0, 0.05) is 15.2 Å². The Balaban J connectivity index is 2.53. The molecule has 8 heteroatoms. The second-order valence-electron chi connectivity index (χ2n) is 4.10. The summed E-state index contributed by atoms with van der Waals surface area (Å²) >= 11 is 3.32. The lowest BCUT2D eigenvalue weighted by molar-refractivity contribution is 0.572. The van der Waals surface area contributed by atoms with Crippen molar-refractivity contribution in [2.24, 2.45) is 0 Å². The number of nitriles is 1. The topological polar surface area (TPSA) is 75.8 Å². The second kappa shape index (κ2) is 5.56. The number of hydrogen-bond acceptors (Lipinski definition) is 4. The van der Waals surface area contributed by atoms with E-state index < -0.39 is 9.05 Å². The van der Waals surface area contributed by atoms with Crippen LogP contribution in [0.1, 0.15) is 16.8 Å². The number of benzene rings is 1. The van der Waals surface area contributed by atoms with E-state index in [1.165, 1.54) is 4.68 Å². The normalized spacial score (nSPS) is 11.3. The summed E-state index contributed by atoms with van der Waals surface area (Å²) in [6.07, 6.45) is 0. The third-order valence-corrected chi connectivity index (χ3v) is 4.51. The van der Waals surface area contributed by atoms with Gasteiger partial charge in [0.15, 0.2) is 5.03 Å². The summed E-state index contributed by atoms with van der Waals surface area (Å²) in [5.41, 5.74) is 1.17. The van der Waals surface area contributed by atoms with Crippen molar-refractivity contribution < 1.29 is 8.42 Å². The summed E-state index contributed by atoms with van der Waals surface area (Å²) in [5.74, 6) is 0. The van der Waals surface area contributed by atoms with Crippen LogP contribution in [0.25, 0.3) is 0 Å². The standard InChI is InChI=1S/C12H9BrClN3O2S/c1-8-11(6-15)12(20(14,18)19)17(16-8)7-9-2-4-10(13)5-3-9/h2-5H,7H2,1H3. The number of nitrogens with zero attached hydrogens (tertiary/aromatic N) is 3. The van der Waals surface area contributed by atoms with Crippen LogP contribution >= 0.6 is 26.6 Å². The molecule has 0 bridgehead atoms. The van der Waals surface area contributed by atoms with E-state index in [2.05, 4.69) is 21.0 Å². The first-order valence-electron chi connectivity index (χ1n) is 5.49. The van der Waals surface area contributed by atoms with Gasteiger partial charge < -0.3 is 0 Å². The van der Waals surface area contributed by atoms with Crippen LogP contribution in [0.2, 0.25) is 0 Å². The molecule has 2 aromatic rings. The molecule has 0 radical (unpaired) electrons. The predicted molar refractivity (Wildman–Crippen MR) is 78.0 cm³/mol. The van der Waals surface area contributed by atoms with Crippen LogP contribution in [-0.4, -0.2) is 18.2 Å². The van der Waals surface area contributed by atoms with E-state index in [4.69, 9.17) is 15.9 Å². The summed E-state index contributed by atoms with van der Waals surface area (Å²) < 4.78 is 25.4. The van der Waals surface area contributed by atoms with Crippen molar-refractivity contribution in [2.45, 2.75) is 18.5 Å². The lowest BCUT2D eigenvalue weighted by atomic mass is 10.2. The molecule has 0 saturated heterocycles. The molecular weight excluding hydrogens is 366 g/mol. The van der Waals surface area contributed by atoms with Gasteiger partial charge in [-0.3, -0.25) is 0 Å². The van der Waals surface area contributed by atoms with E-state index in [-0.39, 0.29) is 17.1 Å². The van der Waals surface area contributed by atoms with Gasteiger partial charge in [0.1, 0.15) is 11.6 Å². The molecule has 0 atom stereocenters. The van der Waals surface area contributed by atoms with Gasteiger partial charge in [0.05, 0.1) is 12.2 Å². The van der Waals surface area contributed by atoms with E-state index >= 15 is 0 Å². The van der Waals surface area contributed by atoms with Crippen LogP contribution in [0, 0.1) is 18.3 Å². The molecule has 5 nitrogen and oxygen atoms in total. The molecule has 0 aliphatic heterocycles. The quantitative estimate of drug-likeness (QED) is 0.774. The van der Waals surface area contributed by atoms with Crippen LogP contribution in [0.3, 0.4) is 0 Å². The number of aromatic nitrogens is 2. The first-order chi connectivity index (χ1) is 9.32. The van der Waals surface area contributed by atoms with E-state index in [1.54, 1.807) is 6.92 Å². The minimum Gasteiger partial charge on any atom is -0.247 e. The number of rotatable bonds is 3. The molecule has 1 heterocycles. The minimum absolute atomic E-state index is 0.0166. The average molecular weight is 375 g/mol. The Morgan fingerprint density at radius 2 is 2.00 bits per heavy atom. The van der Waals surface area contributed by atoms with Crippen molar-refractivity contribution in [2.75, 3.05) is 0 Å². The van der Waals surface area contributed by atoms with Crippen molar-refractivity contribution in [1.29, 1.82) is 5.26 Å². The van der Waals surface area contributed by atoms with Crippen molar-refractivity contribution >= 4 is 35.7 Å². The molecule has 20 heavy (non-hydrogen) atoms. The van der Waals surface area contributed by atoms with E-state index in [0.29, 0.717) is 5.69 Å². The summed E-state index contributed by atoms with van der Waals surface area (Å²) in [4.78, 5) is 0. The van der Waals surface area contributed by atoms with Crippen molar-refractivity contribution in [1.82, 2.24) is 9.78 Å². The second-order valence-corrected chi connectivity index (χ2v) is 7.50. The molecule has 104 valence electrons. The van der Waals surface area contributed by atoms with Gasteiger partial charge in [0.2, 0.25) is 0 Å². The van der Waals surface area contributed by atoms with Gasteiger partial charge in [-0.05, 0) is 24.6 Å². The molecule has 0 N–H and O–H groups in total. The molecule has 0 saturated carbocycles. The average Bonchev–Trinajstić information content (AvgIpc) is 2.67. The molecule has 0 unspecified atom stereocenters.